The fourth-order valence-electron chi connectivity index (χ4n) is 2.08. The van der Waals surface area contributed by atoms with E-state index < -0.39 is 62.7 Å². The average molecular weight is 558 g/mol. The van der Waals surface area contributed by atoms with Crippen molar-refractivity contribution < 1.29 is 78.8 Å². The van der Waals surface area contributed by atoms with E-state index in [0.717, 1.165) is 12.1 Å². The summed E-state index contributed by atoms with van der Waals surface area (Å²) < 4.78 is 236. The highest BCUT2D eigenvalue weighted by molar-refractivity contribution is 7.86. The van der Waals surface area contributed by atoms with Gasteiger partial charge in [0.1, 0.15) is 10.8 Å². The first-order valence-corrected chi connectivity index (χ1v) is 9.01. The van der Waals surface area contributed by atoms with Crippen molar-refractivity contribution in [2.75, 3.05) is 0 Å². The van der Waals surface area contributed by atoms with Crippen molar-refractivity contribution in [1.82, 2.24) is 0 Å². The molecule has 0 saturated carbocycles. The normalized spacial score (nSPS) is 16.5. The van der Waals surface area contributed by atoms with Crippen molar-refractivity contribution >= 4 is 10.8 Å². The zero-order valence-corrected chi connectivity index (χ0v) is 16.4. The summed E-state index contributed by atoms with van der Waals surface area (Å²) in [6.45, 7) is 1.23. The zero-order valence-electron chi connectivity index (χ0n) is 15.6. The molecule has 0 aromatic heterocycles. The van der Waals surface area contributed by atoms with Crippen molar-refractivity contribution in [3.05, 3.63) is 29.8 Å². The summed E-state index contributed by atoms with van der Waals surface area (Å²) >= 11 is 0. The molecule has 0 aliphatic rings. The molecule has 198 valence electrons. The number of rotatable bonds is 8. The highest BCUT2D eigenvalue weighted by Gasteiger charge is 2.95. The summed E-state index contributed by atoms with van der Waals surface area (Å²) in [7, 11) is -4.79. The molecule has 1 rings (SSSR count). The lowest BCUT2D eigenvalue weighted by Gasteiger charge is -2.42. The van der Waals surface area contributed by atoms with Crippen LogP contribution >= 0.6 is 0 Å². The molecule has 0 spiro atoms. The number of halogens is 17. The summed E-state index contributed by atoms with van der Waals surface area (Å²) in [6.07, 6.45) is -7.81. The zero-order chi connectivity index (χ0) is 27.6. The first-order valence-electron chi connectivity index (χ1n) is 7.86. The van der Waals surface area contributed by atoms with Crippen LogP contribution in [0.4, 0.5) is 74.6 Å². The standard InChI is InChI=1S/C15H7F17OS/c1-6-2-4-7(5-3-6)34(33)15(31,32)13(26,27)11(22,23)9(18,19)8(16,17)10(20,21)12(24,25)14(28,29)30/h2-5H,1H3. The molecule has 1 atom stereocenters. The largest absolute Gasteiger partial charge is 0.460 e. The molecule has 19 heteroatoms. The lowest BCUT2D eigenvalue weighted by atomic mass is 9.91. The van der Waals surface area contributed by atoms with Crippen LogP contribution in [0, 0.1) is 6.92 Å². The summed E-state index contributed by atoms with van der Waals surface area (Å²) in [6, 6.07) is 2.11. The van der Waals surface area contributed by atoms with E-state index >= 15 is 0 Å². The van der Waals surface area contributed by atoms with E-state index in [1.54, 1.807) is 0 Å². The minimum atomic E-state index is -8.71. The maximum atomic E-state index is 13.9. The van der Waals surface area contributed by atoms with Crippen LogP contribution in [0.15, 0.2) is 29.2 Å². The van der Waals surface area contributed by atoms with Gasteiger partial charge in [0.15, 0.2) is 0 Å². The average Bonchev–Trinajstić information content (AvgIpc) is 2.66. The Bertz CT molecular complexity index is 916. The maximum absolute atomic E-state index is 13.9. The van der Waals surface area contributed by atoms with Gasteiger partial charge >= 0.3 is 47.0 Å². The van der Waals surface area contributed by atoms with Gasteiger partial charge in [0.2, 0.25) is 0 Å². The van der Waals surface area contributed by atoms with Crippen molar-refractivity contribution in [3.8, 4) is 0 Å². The van der Waals surface area contributed by atoms with Gasteiger partial charge in [-0.25, -0.2) is 4.21 Å². The van der Waals surface area contributed by atoms with Crippen LogP contribution in [0.2, 0.25) is 0 Å². The molecule has 0 aliphatic carbocycles. The molecule has 0 bridgehead atoms. The first-order chi connectivity index (χ1) is 14.7. The molecule has 0 heterocycles. The van der Waals surface area contributed by atoms with Gasteiger partial charge in [-0.2, -0.15) is 74.6 Å². The van der Waals surface area contributed by atoms with E-state index in [1.807, 2.05) is 0 Å². The quantitative estimate of drug-likeness (QED) is 0.312. The van der Waals surface area contributed by atoms with Gasteiger partial charge in [-0.3, -0.25) is 0 Å². The van der Waals surface area contributed by atoms with E-state index in [-0.39, 0.29) is 5.56 Å². The van der Waals surface area contributed by atoms with Crippen molar-refractivity contribution in [1.29, 1.82) is 0 Å². The molecule has 1 aromatic rings. The second-order valence-electron chi connectivity index (χ2n) is 6.54. The number of aryl methyl sites for hydroxylation is 1. The Labute approximate surface area is 179 Å². The Morgan fingerprint density at radius 1 is 0.500 bits per heavy atom. The minimum Gasteiger partial charge on any atom is -0.248 e. The molecule has 0 N–H and O–H groups in total. The Morgan fingerprint density at radius 2 is 0.794 bits per heavy atom. The molecular weight excluding hydrogens is 551 g/mol. The van der Waals surface area contributed by atoms with Crippen molar-refractivity contribution in [2.45, 2.75) is 58.8 Å². The summed E-state index contributed by atoms with van der Waals surface area (Å²) in [5.41, 5.74) is 0.153. The van der Waals surface area contributed by atoms with Crippen molar-refractivity contribution in [2.24, 2.45) is 0 Å². The van der Waals surface area contributed by atoms with E-state index in [2.05, 4.69) is 0 Å². The molecular formula is C15H7F17OS. The molecule has 0 aliphatic heterocycles. The molecule has 1 nitrogen and oxygen atoms in total. The van der Waals surface area contributed by atoms with E-state index in [1.165, 1.54) is 6.92 Å². The highest BCUT2D eigenvalue weighted by atomic mass is 32.2. The highest BCUT2D eigenvalue weighted by Crippen LogP contribution is 2.64. The Hall–Kier alpha value is -1.82. The van der Waals surface area contributed by atoms with Crippen LogP contribution < -0.4 is 0 Å². The van der Waals surface area contributed by atoms with Gasteiger partial charge in [-0.05, 0) is 19.1 Å². The van der Waals surface area contributed by atoms with Gasteiger partial charge in [0.25, 0.3) is 0 Å². The van der Waals surface area contributed by atoms with Gasteiger partial charge in [-0.1, -0.05) is 17.7 Å². The summed E-state index contributed by atoms with van der Waals surface area (Å²) in [4.78, 5) is -1.49. The minimum absolute atomic E-state index is 0.153. The number of hydrogen-bond acceptors (Lipinski definition) is 1. The molecule has 0 amide bonds. The fraction of sp³-hybridized carbons (Fsp3) is 0.600. The topological polar surface area (TPSA) is 17.1 Å². The summed E-state index contributed by atoms with van der Waals surface area (Å²) in [5.74, 6) is -50.7. The third kappa shape index (κ3) is 3.90. The third-order valence-electron chi connectivity index (χ3n) is 4.16. The van der Waals surface area contributed by atoms with E-state index in [9.17, 15) is 78.8 Å². The lowest BCUT2D eigenvalue weighted by Crippen LogP contribution is -2.74. The predicted molar refractivity (Wildman–Crippen MR) is 78.3 cm³/mol. The molecule has 0 radical (unpaired) electrons. The van der Waals surface area contributed by atoms with Crippen LogP contribution in [0.25, 0.3) is 0 Å². The second kappa shape index (κ2) is 8.11. The van der Waals surface area contributed by atoms with Crippen LogP contribution in [0.3, 0.4) is 0 Å². The van der Waals surface area contributed by atoms with Crippen LogP contribution in [0.1, 0.15) is 5.56 Å². The van der Waals surface area contributed by atoms with Crippen molar-refractivity contribution in [3.63, 3.8) is 0 Å². The molecule has 0 saturated heterocycles. The van der Waals surface area contributed by atoms with E-state index in [4.69, 9.17) is 0 Å². The monoisotopic (exact) mass is 558 g/mol. The van der Waals surface area contributed by atoms with Gasteiger partial charge < -0.3 is 0 Å². The van der Waals surface area contributed by atoms with Gasteiger partial charge in [0, 0.05) is 4.90 Å². The SMILES string of the molecule is Cc1ccc(S(=O)C(F)(F)C(F)(F)C(F)(F)C(F)(F)C(F)(F)C(F)(F)C(F)(F)C(F)(F)F)cc1. The first kappa shape index (κ1) is 30.2. The van der Waals surface area contributed by atoms with E-state index in [0.29, 0.717) is 12.1 Å². The van der Waals surface area contributed by atoms with Crippen LogP contribution in [0.5, 0.6) is 0 Å². The van der Waals surface area contributed by atoms with Gasteiger partial charge in [0.05, 0.1) is 0 Å². The van der Waals surface area contributed by atoms with Crippen LogP contribution in [-0.2, 0) is 10.8 Å². The number of hydrogen-bond donors (Lipinski definition) is 0. The molecule has 0 fully saturated rings. The second-order valence-corrected chi connectivity index (χ2v) is 8.06. The molecule has 1 unspecified atom stereocenters. The molecule has 1 aromatic carbocycles. The van der Waals surface area contributed by atoms with Crippen LogP contribution in [-0.4, -0.2) is 51.2 Å². The summed E-state index contributed by atoms with van der Waals surface area (Å²) in [5, 5.41) is -6.98. The Morgan fingerprint density at radius 3 is 1.12 bits per heavy atom. The number of alkyl halides is 17. The van der Waals surface area contributed by atoms with Gasteiger partial charge in [-0.15, -0.1) is 0 Å². The fourth-order valence-corrected chi connectivity index (χ4v) is 3.12. The third-order valence-corrected chi connectivity index (χ3v) is 5.58. The lowest BCUT2D eigenvalue weighted by molar-refractivity contribution is -0.458. The Kier molecular flexibility index (Phi) is 7.21. The predicted octanol–water partition coefficient (Wildman–Crippen LogP) is 7.07. The molecule has 34 heavy (non-hydrogen) atoms. The Balaban J connectivity index is 3.68. The number of benzene rings is 1. The maximum Gasteiger partial charge on any atom is 0.460 e. The smallest absolute Gasteiger partial charge is 0.248 e.